The molecule has 0 radical (unpaired) electrons. The maximum atomic E-state index is 12.9. The third kappa shape index (κ3) is 3.44. The van der Waals surface area contributed by atoms with Gasteiger partial charge in [0.15, 0.2) is 0 Å². The van der Waals surface area contributed by atoms with Crippen molar-refractivity contribution in [3.05, 3.63) is 34.9 Å². The smallest absolute Gasteiger partial charge is 0.416 e. The van der Waals surface area contributed by atoms with Crippen LogP contribution in [0, 0.1) is 0 Å². The number of amides is 1. The molecule has 1 aromatic carbocycles. The van der Waals surface area contributed by atoms with Crippen LogP contribution >= 0.6 is 0 Å². The van der Waals surface area contributed by atoms with Gasteiger partial charge in [-0.25, -0.2) is 4.79 Å². The van der Waals surface area contributed by atoms with Gasteiger partial charge in [-0.2, -0.15) is 26.3 Å². The van der Waals surface area contributed by atoms with E-state index in [4.69, 9.17) is 4.74 Å². The Morgan fingerprint density at radius 2 is 1.46 bits per heavy atom. The standard InChI is InChI=1S/C15H15F6NO2/c1-7(2)22-8(3)12(24-13(22)23)9-4-10(14(16,17)18)6-11(5-9)15(19,20)21/h4-8,12H,1-3H3. The molecule has 2 atom stereocenters. The first-order valence-electron chi connectivity index (χ1n) is 7.10. The molecule has 2 unspecified atom stereocenters. The Kier molecular flexibility index (Phi) is 4.49. The fraction of sp³-hybridized carbons (Fsp3) is 0.533. The normalized spacial score (nSPS) is 22.2. The van der Waals surface area contributed by atoms with Crippen LogP contribution < -0.4 is 0 Å². The van der Waals surface area contributed by atoms with Crippen molar-refractivity contribution in [2.75, 3.05) is 0 Å². The van der Waals surface area contributed by atoms with E-state index in [-0.39, 0.29) is 17.7 Å². The van der Waals surface area contributed by atoms with Crippen LogP contribution in [0.3, 0.4) is 0 Å². The number of hydrogen-bond acceptors (Lipinski definition) is 2. The number of benzene rings is 1. The minimum Gasteiger partial charge on any atom is -0.439 e. The van der Waals surface area contributed by atoms with Gasteiger partial charge >= 0.3 is 18.4 Å². The van der Waals surface area contributed by atoms with Gasteiger partial charge in [-0.05, 0) is 44.5 Å². The highest BCUT2D eigenvalue weighted by atomic mass is 19.4. The van der Waals surface area contributed by atoms with Gasteiger partial charge in [-0.1, -0.05) is 0 Å². The SMILES string of the molecule is CC(C)N1C(=O)OC(c2cc(C(F)(F)F)cc(C(F)(F)F)c2)C1C. The van der Waals surface area contributed by atoms with Gasteiger partial charge in [0.25, 0.3) is 0 Å². The van der Waals surface area contributed by atoms with Crippen LogP contribution in [0.5, 0.6) is 0 Å². The Hall–Kier alpha value is -1.93. The number of cyclic esters (lactones) is 1. The van der Waals surface area contributed by atoms with E-state index < -0.39 is 41.7 Å². The summed E-state index contributed by atoms with van der Waals surface area (Å²) in [6.07, 6.45) is -11.9. The molecule has 0 bridgehead atoms. The molecule has 0 aromatic heterocycles. The van der Waals surface area contributed by atoms with Gasteiger partial charge in [-0.15, -0.1) is 0 Å². The first kappa shape index (κ1) is 18.4. The predicted molar refractivity (Wildman–Crippen MR) is 72.1 cm³/mol. The van der Waals surface area contributed by atoms with Crippen LogP contribution in [-0.2, 0) is 17.1 Å². The Morgan fingerprint density at radius 1 is 1.00 bits per heavy atom. The van der Waals surface area contributed by atoms with Crippen molar-refractivity contribution in [3.8, 4) is 0 Å². The predicted octanol–water partition coefficient (Wildman–Crippen LogP) is 5.01. The van der Waals surface area contributed by atoms with Crippen LogP contribution in [0.1, 0.15) is 43.6 Å². The second-order valence-corrected chi connectivity index (χ2v) is 5.89. The molecule has 134 valence electrons. The van der Waals surface area contributed by atoms with E-state index in [1.807, 2.05) is 0 Å². The highest BCUT2D eigenvalue weighted by Crippen LogP contribution is 2.40. The van der Waals surface area contributed by atoms with Crippen molar-refractivity contribution in [2.45, 2.75) is 51.3 Å². The zero-order chi connectivity index (χ0) is 18.4. The summed E-state index contributed by atoms with van der Waals surface area (Å²) in [5.74, 6) is 0. The van der Waals surface area contributed by atoms with Crippen molar-refractivity contribution < 1.29 is 35.9 Å². The average molecular weight is 355 g/mol. The molecule has 0 saturated carbocycles. The van der Waals surface area contributed by atoms with Gasteiger partial charge in [0, 0.05) is 6.04 Å². The molecule has 1 aromatic rings. The lowest BCUT2D eigenvalue weighted by Crippen LogP contribution is -2.37. The molecule has 1 heterocycles. The number of rotatable bonds is 2. The number of alkyl halides is 6. The minimum absolute atomic E-state index is 0.0468. The van der Waals surface area contributed by atoms with E-state index in [0.717, 1.165) is 0 Å². The summed E-state index contributed by atoms with van der Waals surface area (Å²) < 4.78 is 82.5. The zero-order valence-corrected chi connectivity index (χ0v) is 13.0. The number of carbonyl (C=O) groups is 1. The zero-order valence-electron chi connectivity index (χ0n) is 13.0. The summed E-state index contributed by atoms with van der Waals surface area (Å²) in [4.78, 5) is 13.1. The lowest BCUT2D eigenvalue weighted by Gasteiger charge is -2.25. The van der Waals surface area contributed by atoms with E-state index in [0.29, 0.717) is 12.1 Å². The van der Waals surface area contributed by atoms with E-state index in [2.05, 4.69) is 0 Å². The summed E-state index contributed by atoms with van der Waals surface area (Å²) in [6, 6.07) is 0.235. The Bertz CT molecular complexity index is 606. The summed E-state index contributed by atoms with van der Waals surface area (Å²) in [5, 5.41) is 0. The van der Waals surface area contributed by atoms with Crippen LogP contribution in [0.25, 0.3) is 0 Å². The van der Waals surface area contributed by atoms with Gasteiger partial charge in [-0.3, -0.25) is 4.90 Å². The minimum atomic E-state index is -4.94. The topological polar surface area (TPSA) is 29.5 Å². The molecule has 0 aliphatic carbocycles. The highest BCUT2D eigenvalue weighted by Gasteiger charge is 2.43. The first-order chi connectivity index (χ1) is 10.8. The van der Waals surface area contributed by atoms with Crippen LogP contribution in [0.4, 0.5) is 31.1 Å². The fourth-order valence-electron chi connectivity index (χ4n) is 2.75. The molecule has 3 nitrogen and oxygen atoms in total. The monoisotopic (exact) mass is 355 g/mol. The third-order valence-electron chi connectivity index (χ3n) is 3.81. The van der Waals surface area contributed by atoms with Crippen LogP contribution in [0.15, 0.2) is 18.2 Å². The van der Waals surface area contributed by atoms with Gasteiger partial charge in [0.1, 0.15) is 6.10 Å². The molecule has 1 aliphatic rings. The van der Waals surface area contributed by atoms with E-state index in [9.17, 15) is 31.1 Å². The maximum Gasteiger partial charge on any atom is 0.416 e. The van der Waals surface area contributed by atoms with E-state index in [1.165, 1.54) is 11.8 Å². The van der Waals surface area contributed by atoms with E-state index in [1.54, 1.807) is 13.8 Å². The first-order valence-corrected chi connectivity index (χ1v) is 7.10. The summed E-state index contributed by atoms with van der Waals surface area (Å²) in [6.45, 7) is 4.87. The largest absolute Gasteiger partial charge is 0.439 e. The van der Waals surface area contributed by atoms with Crippen molar-refractivity contribution in [2.24, 2.45) is 0 Å². The number of ether oxygens (including phenoxy) is 1. The molecular formula is C15H15F6NO2. The second-order valence-electron chi connectivity index (χ2n) is 5.89. The molecule has 9 heteroatoms. The molecule has 1 amide bonds. The van der Waals surface area contributed by atoms with Crippen LogP contribution in [-0.4, -0.2) is 23.1 Å². The lowest BCUT2D eigenvalue weighted by atomic mass is 9.97. The molecule has 2 rings (SSSR count). The molecule has 24 heavy (non-hydrogen) atoms. The molecule has 0 spiro atoms. The van der Waals surface area contributed by atoms with Gasteiger partial charge in [0.05, 0.1) is 17.2 Å². The number of halogens is 6. The van der Waals surface area contributed by atoms with Crippen molar-refractivity contribution >= 4 is 6.09 Å². The van der Waals surface area contributed by atoms with Crippen molar-refractivity contribution in [1.82, 2.24) is 4.90 Å². The lowest BCUT2D eigenvalue weighted by molar-refractivity contribution is -0.143. The maximum absolute atomic E-state index is 12.9. The summed E-state index contributed by atoms with van der Waals surface area (Å²) in [7, 11) is 0. The molecule has 1 aliphatic heterocycles. The molecular weight excluding hydrogens is 340 g/mol. The van der Waals surface area contributed by atoms with Gasteiger partial charge < -0.3 is 4.74 Å². The number of hydrogen-bond donors (Lipinski definition) is 0. The number of carbonyl (C=O) groups excluding carboxylic acids is 1. The fourth-order valence-corrected chi connectivity index (χ4v) is 2.75. The molecule has 1 saturated heterocycles. The second kappa shape index (κ2) is 5.86. The Morgan fingerprint density at radius 3 is 1.79 bits per heavy atom. The van der Waals surface area contributed by atoms with Crippen LogP contribution in [0.2, 0.25) is 0 Å². The molecule has 0 N–H and O–H groups in total. The third-order valence-corrected chi connectivity index (χ3v) is 3.81. The van der Waals surface area contributed by atoms with Crippen molar-refractivity contribution in [1.29, 1.82) is 0 Å². The van der Waals surface area contributed by atoms with Gasteiger partial charge in [0.2, 0.25) is 0 Å². The average Bonchev–Trinajstić information content (AvgIpc) is 2.71. The van der Waals surface area contributed by atoms with Crippen molar-refractivity contribution in [3.63, 3.8) is 0 Å². The Labute approximate surface area is 134 Å². The Balaban J connectivity index is 2.52. The number of nitrogens with zero attached hydrogens (tertiary/aromatic N) is 1. The van der Waals surface area contributed by atoms with E-state index >= 15 is 0 Å². The molecule has 1 fully saturated rings. The quantitative estimate of drug-likeness (QED) is 0.698. The highest BCUT2D eigenvalue weighted by molar-refractivity contribution is 5.71. The summed E-state index contributed by atoms with van der Waals surface area (Å²) in [5.41, 5.74) is -3.20. The summed E-state index contributed by atoms with van der Waals surface area (Å²) >= 11 is 0.